The number of hydrogen-bond acceptors (Lipinski definition) is 4. The highest BCUT2D eigenvalue weighted by Gasteiger charge is 2.14. The van der Waals surface area contributed by atoms with Gasteiger partial charge in [-0.1, -0.05) is 12.1 Å². The average Bonchev–Trinajstić information content (AvgIpc) is 2.83. The van der Waals surface area contributed by atoms with Crippen LogP contribution < -0.4 is 10.5 Å². The summed E-state index contributed by atoms with van der Waals surface area (Å²) in [5.74, 6) is 1.20. The smallest absolute Gasteiger partial charge is 0.231 e. The predicted molar refractivity (Wildman–Crippen MR) is 75.1 cm³/mol. The van der Waals surface area contributed by atoms with Gasteiger partial charge in [-0.25, -0.2) is 4.98 Å². The van der Waals surface area contributed by atoms with Gasteiger partial charge < -0.3 is 14.9 Å². The van der Waals surface area contributed by atoms with Gasteiger partial charge in [0.15, 0.2) is 5.58 Å². The first kappa shape index (κ1) is 11.6. The van der Waals surface area contributed by atoms with E-state index in [1.807, 2.05) is 31.2 Å². The number of nitrogens with two attached hydrogens (primary N) is 1. The maximum absolute atomic E-state index is 5.79. The molecule has 0 aliphatic heterocycles. The van der Waals surface area contributed by atoms with E-state index in [0.717, 1.165) is 22.2 Å². The number of aryl methyl sites for hydroxylation is 1. The molecule has 3 rings (SSSR count). The molecule has 0 atom stereocenters. The molecule has 0 aliphatic rings. The van der Waals surface area contributed by atoms with Crippen molar-refractivity contribution in [3.63, 3.8) is 0 Å². The topological polar surface area (TPSA) is 61.3 Å². The van der Waals surface area contributed by atoms with Crippen molar-refractivity contribution in [3.8, 4) is 17.2 Å². The standard InChI is InChI=1S/C15H14N2O2/c1-9-4-3-5-12-14(9)17-15(19-12)11-7-6-10(16)8-13(11)18-2/h3-8H,16H2,1-2H3. The molecule has 1 heterocycles. The summed E-state index contributed by atoms with van der Waals surface area (Å²) in [6, 6.07) is 11.3. The average molecular weight is 254 g/mol. The lowest BCUT2D eigenvalue weighted by Gasteiger charge is -2.05. The van der Waals surface area contributed by atoms with Crippen LogP contribution in [0.3, 0.4) is 0 Å². The molecule has 2 aromatic carbocycles. The number of nitrogen functional groups attached to an aromatic ring is 1. The Hall–Kier alpha value is -2.49. The Labute approximate surface area is 110 Å². The summed E-state index contributed by atoms with van der Waals surface area (Å²) in [4.78, 5) is 4.53. The molecule has 0 unspecified atom stereocenters. The van der Waals surface area contributed by atoms with Crippen LogP contribution in [0, 0.1) is 6.92 Å². The van der Waals surface area contributed by atoms with Crippen molar-refractivity contribution in [2.75, 3.05) is 12.8 Å². The van der Waals surface area contributed by atoms with E-state index < -0.39 is 0 Å². The lowest BCUT2D eigenvalue weighted by atomic mass is 10.2. The van der Waals surface area contributed by atoms with Crippen LogP contribution >= 0.6 is 0 Å². The van der Waals surface area contributed by atoms with Crippen molar-refractivity contribution in [2.45, 2.75) is 6.92 Å². The molecule has 19 heavy (non-hydrogen) atoms. The van der Waals surface area contributed by atoms with Gasteiger partial charge in [-0.3, -0.25) is 0 Å². The number of nitrogens with zero attached hydrogens (tertiary/aromatic N) is 1. The van der Waals surface area contributed by atoms with Crippen molar-refractivity contribution in [2.24, 2.45) is 0 Å². The molecule has 0 aliphatic carbocycles. The highest BCUT2D eigenvalue weighted by Crippen LogP contribution is 2.33. The SMILES string of the molecule is COc1cc(N)ccc1-c1nc2c(C)cccc2o1. The Bertz CT molecular complexity index is 747. The zero-order valence-electron chi connectivity index (χ0n) is 10.8. The van der Waals surface area contributed by atoms with Crippen molar-refractivity contribution in [3.05, 3.63) is 42.0 Å². The molecule has 1 aromatic heterocycles. The minimum Gasteiger partial charge on any atom is -0.496 e. The van der Waals surface area contributed by atoms with Crippen LogP contribution in [0.2, 0.25) is 0 Å². The van der Waals surface area contributed by atoms with Gasteiger partial charge in [0.1, 0.15) is 11.3 Å². The summed E-state index contributed by atoms with van der Waals surface area (Å²) in [5, 5.41) is 0. The molecule has 0 amide bonds. The summed E-state index contributed by atoms with van der Waals surface area (Å²) < 4.78 is 11.1. The van der Waals surface area contributed by atoms with E-state index >= 15 is 0 Å². The molecule has 3 aromatic rings. The van der Waals surface area contributed by atoms with E-state index in [1.54, 1.807) is 19.2 Å². The van der Waals surface area contributed by atoms with Gasteiger partial charge >= 0.3 is 0 Å². The quantitative estimate of drug-likeness (QED) is 0.712. The number of hydrogen-bond donors (Lipinski definition) is 1. The van der Waals surface area contributed by atoms with Crippen LogP contribution in [0.4, 0.5) is 5.69 Å². The monoisotopic (exact) mass is 254 g/mol. The van der Waals surface area contributed by atoms with Crippen LogP contribution in [0.25, 0.3) is 22.6 Å². The zero-order valence-corrected chi connectivity index (χ0v) is 10.8. The molecule has 0 fully saturated rings. The fourth-order valence-electron chi connectivity index (χ4n) is 2.09. The molecule has 0 bridgehead atoms. The van der Waals surface area contributed by atoms with Crippen LogP contribution in [-0.4, -0.2) is 12.1 Å². The van der Waals surface area contributed by atoms with Crippen molar-refractivity contribution < 1.29 is 9.15 Å². The summed E-state index contributed by atoms with van der Waals surface area (Å²) in [6.07, 6.45) is 0. The molecule has 2 N–H and O–H groups in total. The third-order valence-corrected chi connectivity index (χ3v) is 3.08. The predicted octanol–water partition coefficient (Wildman–Crippen LogP) is 3.39. The maximum atomic E-state index is 5.79. The third-order valence-electron chi connectivity index (χ3n) is 3.08. The fraction of sp³-hybridized carbons (Fsp3) is 0.133. The van der Waals surface area contributed by atoms with Gasteiger partial charge in [0.05, 0.1) is 12.7 Å². The molecule has 0 radical (unpaired) electrons. The van der Waals surface area contributed by atoms with Gasteiger partial charge in [0.25, 0.3) is 0 Å². The lowest BCUT2D eigenvalue weighted by molar-refractivity contribution is 0.415. The highest BCUT2D eigenvalue weighted by molar-refractivity contribution is 5.80. The number of para-hydroxylation sites is 1. The Morgan fingerprint density at radius 2 is 2.05 bits per heavy atom. The molecule has 4 heteroatoms. The van der Waals surface area contributed by atoms with Gasteiger partial charge in [-0.15, -0.1) is 0 Å². The van der Waals surface area contributed by atoms with E-state index in [-0.39, 0.29) is 0 Å². The van der Waals surface area contributed by atoms with Gasteiger partial charge in [-0.05, 0) is 30.7 Å². The molecule has 0 saturated carbocycles. The zero-order chi connectivity index (χ0) is 13.4. The first-order valence-corrected chi connectivity index (χ1v) is 5.99. The summed E-state index contributed by atoms with van der Waals surface area (Å²) in [6.45, 7) is 2.01. The van der Waals surface area contributed by atoms with Gasteiger partial charge in [-0.2, -0.15) is 0 Å². The molecule has 0 spiro atoms. The van der Waals surface area contributed by atoms with Crippen LogP contribution in [0.1, 0.15) is 5.56 Å². The Morgan fingerprint density at radius 3 is 2.79 bits per heavy atom. The third kappa shape index (κ3) is 1.91. The van der Waals surface area contributed by atoms with E-state index in [1.165, 1.54) is 0 Å². The molecule has 4 nitrogen and oxygen atoms in total. The largest absolute Gasteiger partial charge is 0.496 e. The van der Waals surface area contributed by atoms with Crippen molar-refractivity contribution >= 4 is 16.8 Å². The maximum Gasteiger partial charge on any atom is 0.231 e. The van der Waals surface area contributed by atoms with Gasteiger partial charge in [0, 0.05) is 11.8 Å². The lowest BCUT2D eigenvalue weighted by Crippen LogP contribution is -1.91. The van der Waals surface area contributed by atoms with Crippen LogP contribution in [0.5, 0.6) is 5.75 Å². The first-order valence-electron chi connectivity index (χ1n) is 5.99. The van der Waals surface area contributed by atoms with Gasteiger partial charge in [0.2, 0.25) is 5.89 Å². The molecular formula is C15H14N2O2. The number of ether oxygens (including phenoxy) is 1. The van der Waals surface area contributed by atoms with E-state index in [2.05, 4.69) is 4.98 Å². The second-order valence-electron chi connectivity index (χ2n) is 4.40. The minimum atomic E-state index is 0.543. The number of fused-ring (bicyclic) bond motifs is 1. The molecule has 0 saturated heterocycles. The number of benzene rings is 2. The summed E-state index contributed by atoms with van der Waals surface area (Å²) in [5.41, 5.74) is 9.92. The minimum absolute atomic E-state index is 0.543. The first-order chi connectivity index (χ1) is 9.19. The number of anilines is 1. The Morgan fingerprint density at radius 1 is 1.21 bits per heavy atom. The summed E-state index contributed by atoms with van der Waals surface area (Å²) >= 11 is 0. The highest BCUT2D eigenvalue weighted by atomic mass is 16.5. The molecular weight excluding hydrogens is 240 g/mol. The van der Waals surface area contributed by atoms with Crippen molar-refractivity contribution in [1.82, 2.24) is 4.98 Å². The van der Waals surface area contributed by atoms with E-state index in [4.69, 9.17) is 14.9 Å². The Kier molecular flexibility index (Phi) is 2.63. The second kappa shape index (κ2) is 4.31. The van der Waals surface area contributed by atoms with E-state index in [9.17, 15) is 0 Å². The molecule has 96 valence electrons. The number of oxazole rings is 1. The van der Waals surface area contributed by atoms with E-state index in [0.29, 0.717) is 17.3 Å². The van der Waals surface area contributed by atoms with Crippen LogP contribution in [-0.2, 0) is 0 Å². The van der Waals surface area contributed by atoms with Crippen LogP contribution in [0.15, 0.2) is 40.8 Å². The Balaban J connectivity index is 2.22. The number of aromatic nitrogens is 1. The van der Waals surface area contributed by atoms with Crippen molar-refractivity contribution in [1.29, 1.82) is 0 Å². The normalized spacial score (nSPS) is 10.8. The second-order valence-corrected chi connectivity index (χ2v) is 4.40. The number of rotatable bonds is 2. The fourth-order valence-corrected chi connectivity index (χ4v) is 2.09. The summed E-state index contributed by atoms with van der Waals surface area (Å²) in [7, 11) is 1.60. The number of methoxy groups -OCH3 is 1.